The quantitative estimate of drug-likeness (QED) is 0.626. The third-order valence-electron chi connectivity index (χ3n) is 3.31. The number of hydrogen-bond acceptors (Lipinski definition) is 0. The molecule has 0 aliphatic heterocycles. The fourth-order valence-electron chi connectivity index (χ4n) is 2.30. The third-order valence-corrected chi connectivity index (χ3v) is 3.31. The van der Waals surface area contributed by atoms with E-state index in [1.165, 1.54) is 24.0 Å². The third kappa shape index (κ3) is 2.12. The minimum atomic E-state index is 0. The van der Waals surface area contributed by atoms with E-state index in [-0.39, 0.29) is 32.7 Å². The Balaban J connectivity index is 0.000000980. The average molecular weight is 262 g/mol. The van der Waals surface area contributed by atoms with Crippen LogP contribution >= 0.6 is 0 Å². The van der Waals surface area contributed by atoms with Gasteiger partial charge in [-0.2, -0.15) is 29.8 Å². The zero-order valence-electron chi connectivity index (χ0n) is 9.30. The maximum atomic E-state index is 3.39. The van der Waals surface area contributed by atoms with Crippen molar-refractivity contribution in [2.75, 3.05) is 0 Å². The fraction of sp³-hybridized carbons (Fsp3) is 0.538. The summed E-state index contributed by atoms with van der Waals surface area (Å²) in [5.74, 6) is 0.698. The summed E-state index contributed by atoms with van der Waals surface area (Å²) in [5, 5.41) is 0. The first kappa shape index (κ1) is 12.4. The van der Waals surface area contributed by atoms with Gasteiger partial charge in [0.2, 0.25) is 0 Å². The Bertz CT molecular complexity index is 315. The van der Waals surface area contributed by atoms with Crippen LogP contribution in [-0.4, -0.2) is 0 Å². The number of rotatable bonds is 0. The molecule has 2 rings (SSSR count). The van der Waals surface area contributed by atoms with Gasteiger partial charge >= 0.3 is 0 Å². The maximum absolute atomic E-state index is 3.39. The molecule has 1 atom stereocenters. The Hall–Kier alpha value is 0.324. The molecule has 1 aliphatic rings. The van der Waals surface area contributed by atoms with Crippen LogP contribution in [0, 0.1) is 6.07 Å². The molecule has 1 aromatic rings. The summed E-state index contributed by atoms with van der Waals surface area (Å²) in [6, 6.07) is 9.81. The van der Waals surface area contributed by atoms with Crippen LogP contribution in [-0.2, 0) is 38.1 Å². The molecule has 0 amide bonds. The van der Waals surface area contributed by atoms with Crippen LogP contribution in [0.3, 0.4) is 0 Å². The summed E-state index contributed by atoms with van der Waals surface area (Å²) >= 11 is 0. The molecule has 0 fully saturated rings. The summed E-state index contributed by atoms with van der Waals surface area (Å²) in [5.41, 5.74) is 3.31. The van der Waals surface area contributed by atoms with E-state index in [9.17, 15) is 0 Å². The van der Waals surface area contributed by atoms with Crippen molar-refractivity contribution in [2.45, 2.75) is 44.9 Å². The normalized spacial score (nSPS) is 23.5. The van der Waals surface area contributed by atoms with Gasteiger partial charge in [-0.3, -0.25) is 0 Å². The van der Waals surface area contributed by atoms with Gasteiger partial charge in [-0.1, -0.05) is 32.6 Å². The molecule has 0 heterocycles. The molecular weight excluding hydrogens is 245 g/mol. The Morgan fingerprint density at radius 3 is 2.79 bits per heavy atom. The Morgan fingerprint density at radius 2 is 2.14 bits per heavy atom. The second kappa shape index (κ2) is 4.45. The van der Waals surface area contributed by atoms with Crippen LogP contribution in [0.1, 0.15) is 50.7 Å². The SMILES string of the molecule is CC1CCC(C)(C)c2ccc[c-]c21.[Y]. The molecule has 0 N–H and O–H groups in total. The summed E-state index contributed by atoms with van der Waals surface area (Å²) < 4.78 is 0. The number of benzene rings is 1. The van der Waals surface area contributed by atoms with Crippen molar-refractivity contribution in [3.63, 3.8) is 0 Å². The van der Waals surface area contributed by atoms with E-state index in [2.05, 4.69) is 39.0 Å². The van der Waals surface area contributed by atoms with E-state index in [1.54, 1.807) is 0 Å². The molecule has 14 heavy (non-hydrogen) atoms. The van der Waals surface area contributed by atoms with Crippen LogP contribution in [0.2, 0.25) is 0 Å². The van der Waals surface area contributed by atoms with Crippen LogP contribution in [0.15, 0.2) is 18.2 Å². The smallest absolute Gasteiger partial charge is 0 e. The first-order valence-electron chi connectivity index (χ1n) is 5.12. The van der Waals surface area contributed by atoms with E-state index in [0.717, 1.165) is 0 Å². The van der Waals surface area contributed by atoms with Gasteiger partial charge in [-0.05, 0) is 12.3 Å². The van der Waals surface area contributed by atoms with Gasteiger partial charge in [0.25, 0.3) is 0 Å². The molecule has 0 saturated carbocycles. The molecule has 0 bridgehead atoms. The van der Waals surface area contributed by atoms with E-state index >= 15 is 0 Å². The summed E-state index contributed by atoms with van der Waals surface area (Å²) in [6.07, 6.45) is 2.61. The van der Waals surface area contributed by atoms with Gasteiger partial charge < -0.3 is 0 Å². The minimum Gasteiger partial charge on any atom is -0.180 e. The topological polar surface area (TPSA) is 0 Å². The second-order valence-corrected chi connectivity index (χ2v) is 4.82. The Kier molecular flexibility index (Phi) is 3.94. The van der Waals surface area contributed by atoms with Gasteiger partial charge in [-0.15, -0.1) is 5.56 Å². The monoisotopic (exact) mass is 262 g/mol. The minimum absolute atomic E-state index is 0. The average Bonchev–Trinajstić information content (AvgIpc) is 2.13. The first-order valence-corrected chi connectivity index (χ1v) is 5.12. The molecule has 1 aromatic carbocycles. The Labute approximate surface area is 112 Å². The molecule has 0 aromatic heterocycles. The number of hydrogen-bond donors (Lipinski definition) is 0. The molecule has 1 radical (unpaired) electrons. The Morgan fingerprint density at radius 1 is 1.43 bits per heavy atom. The van der Waals surface area contributed by atoms with E-state index in [4.69, 9.17) is 0 Å². The zero-order valence-corrected chi connectivity index (χ0v) is 12.1. The van der Waals surface area contributed by atoms with Gasteiger partial charge in [0, 0.05) is 32.7 Å². The van der Waals surface area contributed by atoms with E-state index in [1.807, 2.05) is 6.07 Å². The van der Waals surface area contributed by atoms with Crippen molar-refractivity contribution in [2.24, 2.45) is 0 Å². The summed E-state index contributed by atoms with van der Waals surface area (Å²) in [6.45, 7) is 6.99. The van der Waals surface area contributed by atoms with Crippen LogP contribution in [0.25, 0.3) is 0 Å². The summed E-state index contributed by atoms with van der Waals surface area (Å²) in [7, 11) is 0. The van der Waals surface area contributed by atoms with Crippen molar-refractivity contribution in [3.05, 3.63) is 35.4 Å². The van der Waals surface area contributed by atoms with E-state index < -0.39 is 0 Å². The van der Waals surface area contributed by atoms with Gasteiger partial charge in [-0.25, -0.2) is 0 Å². The van der Waals surface area contributed by atoms with Crippen molar-refractivity contribution in [3.8, 4) is 0 Å². The van der Waals surface area contributed by atoms with Crippen molar-refractivity contribution in [1.29, 1.82) is 0 Å². The van der Waals surface area contributed by atoms with Crippen LogP contribution in [0.5, 0.6) is 0 Å². The molecule has 73 valence electrons. The maximum Gasteiger partial charge on any atom is 0 e. The van der Waals surface area contributed by atoms with Crippen molar-refractivity contribution < 1.29 is 32.7 Å². The molecular formula is C13H17Y-. The molecule has 1 unspecified atom stereocenters. The van der Waals surface area contributed by atoms with Gasteiger partial charge in [0.15, 0.2) is 0 Å². The standard InChI is InChI=1S/C13H17.Y/c1-10-8-9-13(2,3)12-7-5-4-6-11(10)12;/h4-5,7,10H,8-9H2,1-3H3;/q-1;. The van der Waals surface area contributed by atoms with Gasteiger partial charge in [0.05, 0.1) is 0 Å². The zero-order chi connectivity index (χ0) is 9.47. The van der Waals surface area contributed by atoms with Gasteiger partial charge in [0.1, 0.15) is 0 Å². The molecule has 1 heteroatoms. The molecule has 0 spiro atoms. The molecule has 0 nitrogen and oxygen atoms in total. The number of fused-ring (bicyclic) bond motifs is 1. The largest absolute Gasteiger partial charge is 0.180 e. The van der Waals surface area contributed by atoms with Crippen molar-refractivity contribution in [1.82, 2.24) is 0 Å². The predicted octanol–water partition coefficient (Wildman–Crippen LogP) is 3.66. The molecule has 1 aliphatic carbocycles. The predicted molar refractivity (Wildman–Crippen MR) is 56.0 cm³/mol. The van der Waals surface area contributed by atoms with Crippen molar-refractivity contribution >= 4 is 0 Å². The fourth-order valence-corrected chi connectivity index (χ4v) is 2.30. The first-order chi connectivity index (χ1) is 6.11. The summed E-state index contributed by atoms with van der Waals surface area (Å²) in [4.78, 5) is 0. The second-order valence-electron chi connectivity index (χ2n) is 4.82. The van der Waals surface area contributed by atoms with Crippen LogP contribution in [0.4, 0.5) is 0 Å². The molecule has 0 saturated heterocycles. The van der Waals surface area contributed by atoms with E-state index in [0.29, 0.717) is 11.3 Å². The van der Waals surface area contributed by atoms with Crippen LogP contribution < -0.4 is 0 Å².